The van der Waals surface area contributed by atoms with Crippen molar-refractivity contribution in [2.24, 2.45) is 0 Å². The quantitative estimate of drug-likeness (QED) is 0.170. The second kappa shape index (κ2) is 11.9. The Morgan fingerprint density at radius 3 is 1.54 bits per heavy atom. The predicted octanol–water partition coefficient (Wildman–Crippen LogP) is 13.8. The van der Waals surface area contributed by atoms with Gasteiger partial charge in [0.1, 0.15) is 22.3 Å². The Balaban J connectivity index is 1.05. The Bertz CT molecular complexity index is 3510. The molecule has 0 fully saturated rings. The van der Waals surface area contributed by atoms with Crippen LogP contribution in [0.25, 0.3) is 121 Å². The van der Waals surface area contributed by atoms with Crippen LogP contribution >= 0.6 is 0 Å². The molecule has 260 valence electrons. The number of hydrogen-bond donors (Lipinski definition) is 0. The lowest BCUT2D eigenvalue weighted by Crippen LogP contribution is -2.00. The van der Waals surface area contributed by atoms with E-state index in [4.69, 9.17) is 23.8 Å². The van der Waals surface area contributed by atoms with E-state index in [2.05, 4.69) is 109 Å². The second-order valence-electron chi connectivity index (χ2n) is 14.3. The van der Waals surface area contributed by atoms with E-state index in [0.29, 0.717) is 17.5 Å². The van der Waals surface area contributed by atoms with E-state index in [9.17, 15) is 0 Å². The van der Waals surface area contributed by atoms with Crippen LogP contribution in [-0.2, 0) is 0 Å². The van der Waals surface area contributed by atoms with Gasteiger partial charge in [-0.2, -0.15) is 0 Å². The lowest BCUT2D eigenvalue weighted by atomic mass is 9.92. The number of para-hydroxylation sites is 1. The van der Waals surface area contributed by atoms with E-state index in [1.807, 2.05) is 66.7 Å². The second-order valence-corrected chi connectivity index (χ2v) is 14.3. The third-order valence-corrected chi connectivity index (χ3v) is 11.1. The Kier molecular flexibility index (Phi) is 6.56. The highest BCUT2D eigenvalue weighted by Crippen LogP contribution is 2.41. The van der Waals surface area contributed by atoms with Crippen LogP contribution in [0.3, 0.4) is 0 Å². The predicted molar refractivity (Wildman–Crippen MR) is 229 cm³/mol. The van der Waals surface area contributed by atoms with Crippen molar-refractivity contribution in [3.63, 3.8) is 0 Å². The van der Waals surface area contributed by atoms with Gasteiger partial charge in [0.05, 0.1) is 0 Å². The van der Waals surface area contributed by atoms with E-state index in [-0.39, 0.29) is 0 Å². The Morgan fingerprint density at radius 1 is 0.268 bits per heavy atom. The first-order valence-corrected chi connectivity index (χ1v) is 18.8. The fourth-order valence-electron chi connectivity index (χ4n) is 8.49. The molecular formula is C51H29N3O2. The molecule has 0 aliphatic heterocycles. The van der Waals surface area contributed by atoms with Gasteiger partial charge in [-0.05, 0) is 85.9 Å². The van der Waals surface area contributed by atoms with Crippen LogP contribution in [-0.4, -0.2) is 15.0 Å². The minimum absolute atomic E-state index is 0.567. The monoisotopic (exact) mass is 715 g/mol. The van der Waals surface area contributed by atoms with Crippen molar-refractivity contribution in [1.82, 2.24) is 15.0 Å². The highest BCUT2D eigenvalue weighted by Gasteiger charge is 2.19. The SMILES string of the molecule is c1ccc(-c2nc(-c3ccc4c(c3)oc3ccccc34)nc(-c3cccc4oc5ccc(-c6ccc7c8ccccc8c8ccccc8c7c6)cc5c34)n2)cc1. The zero-order chi connectivity index (χ0) is 36.7. The molecule has 0 saturated heterocycles. The van der Waals surface area contributed by atoms with Gasteiger partial charge in [0.15, 0.2) is 17.5 Å². The third kappa shape index (κ3) is 4.71. The molecule has 3 aromatic heterocycles. The van der Waals surface area contributed by atoms with Crippen molar-refractivity contribution >= 4 is 76.2 Å². The van der Waals surface area contributed by atoms with Gasteiger partial charge in [-0.15, -0.1) is 0 Å². The maximum Gasteiger partial charge on any atom is 0.164 e. The molecule has 3 heterocycles. The summed E-state index contributed by atoms with van der Waals surface area (Å²) < 4.78 is 12.8. The molecule has 0 spiro atoms. The number of benzene rings is 9. The summed E-state index contributed by atoms with van der Waals surface area (Å²) in [5.74, 6) is 1.73. The maximum absolute atomic E-state index is 6.50. The van der Waals surface area contributed by atoms with Gasteiger partial charge in [0.2, 0.25) is 0 Å². The van der Waals surface area contributed by atoms with Gasteiger partial charge in [-0.3, -0.25) is 0 Å². The summed E-state index contributed by atoms with van der Waals surface area (Å²) in [5.41, 5.74) is 8.10. The van der Waals surface area contributed by atoms with Crippen molar-refractivity contribution in [1.29, 1.82) is 0 Å². The van der Waals surface area contributed by atoms with Gasteiger partial charge in [-0.1, -0.05) is 133 Å². The highest BCUT2D eigenvalue weighted by atomic mass is 16.3. The molecule has 0 amide bonds. The molecular weight excluding hydrogens is 687 g/mol. The fraction of sp³-hybridized carbons (Fsp3) is 0. The molecule has 12 aromatic rings. The van der Waals surface area contributed by atoms with Crippen LogP contribution in [0.1, 0.15) is 0 Å². The Hall–Kier alpha value is -7.63. The molecule has 0 N–H and O–H groups in total. The van der Waals surface area contributed by atoms with Gasteiger partial charge in [0, 0.05) is 38.2 Å². The first-order chi connectivity index (χ1) is 27.7. The normalized spacial score (nSPS) is 11.9. The summed E-state index contributed by atoms with van der Waals surface area (Å²) in [4.78, 5) is 15.3. The molecule has 0 atom stereocenters. The van der Waals surface area contributed by atoms with E-state index in [0.717, 1.165) is 71.7 Å². The average molecular weight is 716 g/mol. The Labute approximate surface area is 320 Å². The highest BCUT2D eigenvalue weighted by molar-refractivity contribution is 6.26. The summed E-state index contributed by atoms with van der Waals surface area (Å²) in [5, 5.41) is 11.6. The van der Waals surface area contributed by atoms with Gasteiger partial charge in [-0.25, -0.2) is 15.0 Å². The van der Waals surface area contributed by atoms with E-state index in [1.54, 1.807) is 0 Å². The number of rotatable bonds is 4. The molecule has 0 aliphatic carbocycles. The number of nitrogens with zero attached hydrogens (tertiary/aromatic N) is 3. The molecule has 0 unspecified atom stereocenters. The van der Waals surface area contributed by atoms with Crippen LogP contribution in [0, 0.1) is 0 Å². The summed E-state index contributed by atoms with van der Waals surface area (Å²) >= 11 is 0. The van der Waals surface area contributed by atoms with E-state index in [1.165, 1.54) is 32.3 Å². The number of fused-ring (bicyclic) bond motifs is 12. The van der Waals surface area contributed by atoms with Gasteiger partial charge < -0.3 is 8.83 Å². The lowest BCUT2D eigenvalue weighted by Gasteiger charge is -2.12. The summed E-state index contributed by atoms with van der Waals surface area (Å²) in [6.07, 6.45) is 0. The van der Waals surface area contributed by atoms with Crippen LogP contribution in [0.15, 0.2) is 185 Å². The molecule has 0 radical (unpaired) electrons. The first kappa shape index (κ1) is 30.8. The van der Waals surface area contributed by atoms with Crippen LogP contribution in [0.2, 0.25) is 0 Å². The number of hydrogen-bond acceptors (Lipinski definition) is 5. The van der Waals surface area contributed by atoms with Crippen molar-refractivity contribution < 1.29 is 8.83 Å². The number of aromatic nitrogens is 3. The van der Waals surface area contributed by atoms with Crippen LogP contribution < -0.4 is 0 Å². The molecule has 9 aromatic carbocycles. The minimum Gasteiger partial charge on any atom is -0.456 e. The molecule has 0 saturated carbocycles. The molecule has 5 heteroatoms. The zero-order valence-electron chi connectivity index (χ0n) is 29.9. The average Bonchev–Trinajstić information content (AvgIpc) is 3.84. The topological polar surface area (TPSA) is 65.0 Å². The van der Waals surface area contributed by atoms with Crippen molar-refractivity contribution in [3.8, 4) is 45.3 Å². The van der Waals surface area contributed by atoms with Crippen LogP contribution in [0.5, 0.6) is 0 Å². The smallest absolute Gasteiger partial charge is 0.164 e. The maximum atomic E-state index is 6.50. The molecule has 56 heavy (non-hydrogen) atoms. The number of furan rings is 2. The third-order valence-electron chi connectivity index (χ3n) is 11.1. The first-order valence-electron chi connectivity index (χ1n) is 18.8. The fourth-order valence-corrected chi connectivity index (χ4v) is 8.49. The van der Waals surface area contributed by atoms with Gasteiger partial charge in [0.25, 0.3) is 0 Å². The lowest BCUT2D eigenvalue weighted by molar-refractivity contribution is 0.668. The Morgan fingerprint density at radius 2 is 0.768 bits per heavy atom. The largest absolute Gasteiger partial charge is 0.456 e. The van der Waals surface area contributed by atoms with Crippen LogP contribution in [0.4, 0.5) is 0 Å². The van der Waals surface area contributed by atoms with E-state index < -0.39 is 0 Å². The molecule has 0 bridgehead atoms. The van der Waals surface area contributed by atoms with Crippen molar-refractivity contribution in [3.05, 3.63) is 176 Å². The molecule has 12 rings (SSSR count). The summed E-state index contributed by atoms with van der Waals surface area (Å²) in [6.45, 7) is 0. The molecule has 0 aliphatic rings. The minimum atomic E-state index is 0.567. The summed E-state index contributed by atoms with van der Waals surface area (Å²) in [7, 11) is 0. The van der Waals surface area contributed by atoms with Gasteiger partial charge >= 0.3 is 0 Å². The standard InChI is InChI=1S/C51H29N3O2/c1-2-11-30(12-3-1)49-52-50(33-22-25-40-39-17-8-9-19-44(39)56-47(40)29-33)54-51(53-49)41-18-10-20-46-48(41)43-28-32(23-26-45(43)55-46)31-21-24-38-36-15-5-4-13-34(36)35-14-6-7-16-37(35)42(38)27-31/h1-29H. The van der Waals surface area contributed by atoms with E-state index >= 15 is 0 Å². The summed E-state index contributed by atoms with van der Waals surface area (Å²) in [6, 6.07) is 61.1. The van der Waals surface area contributed by atoms with Crippen molar-refractivity contribution in [2.45, 2.75) is 0 Å². The zero-order valence-corrected chi connectivity index (χ0v) is 29.9. The van der Waals surface area contributed by atoms with Crippen molar-refractivity contribution in [2.75, 3.05) is 0 Å². The molecule has 5 nitrogen and oxygen atoms in total.